The van der Waals surface area contributed by atoms with Gasteiger partial charge in [-0.1, -0.05) is 55.0 Å². The van der Waals surface area contributed by atoms with Crippen LogP contribution in [0.15, 0.2) is 53.5 Å². The van der Waals surface area contributed by atoms with Gasteiger partial charge in [0.2, 0.25) is 0 Å². The zero-order valence-electron chi connectivity index (χ0n) is 15.6. The molecule has 0 unspecified atom stereocenters. The molecule has 3 nitrogen and oxygen atoms in total. The van der Waals surface area contributed by atoms with Crippen LogP contribution in [0, 0.1) is 0 Å². The van der Waals surface area contributed by atoms with E-state index in [2.05, 4.69) is 64.4 Å². The number of nitrogens with zero attached hydrogens (tertiary/aromatic N) is 3. The molecule has 1 fully saturated rings. The van der Waals surface area contributed by atoms with Crippen LogP contribution in [0.3, 0.4) is 0 Å². The lowest BCUT2D eigenvalue weighted by molar-refractivity contribution is 0.221. The summed E-state index contributed by atoms with van der Waals surface area (Å²) in [4.78, 5) is 9.72. The lowest BCUT2D eigenvalue weighted by Gasteiger charge is -2.29. The molecule has 4 heteroatoms. The Kier molecular flexibility index (Phi) is 5.33. The molecule has 5 rings (SSSR count). The first kappa shape index (κ1) is 18.3. The smallest absolute Gasteiger partial charge is 0.136 e. The van der Waals surface area contributed by atoms with E-state index in [1.165, 1.54) is 60.3 Å². The summed E-state index contributed by atoms with van der Waals surface area (Å²) in [5.74, 6) is 1.13. The van der Waals surface area contributed by atoms with Gasteiger partial charge in [0.1, 0.15) is 5.84 Å². The average molecular weight is 380 g/mol. The quantitative estimate of drug-likeness (QED) is 0.771. The Labute approximate surface area is 167 Å². The first-order valence-electron chi connectivity index (χ1n) is 9.83. The van der Waals surface area contributed by atoms with E-state index in [1.54, 1.807) is 0 Å². The number of aliphatic imine (C=N–C) groups is 1. The number of fused-ring (bicyclic) bond motifs is 3. The molecule has 0 atom stereocenters. The highest BCUT2D eigenvalue weighted by atomic mass is 35.5. The predicted octanol–water partition coefficient (Wildman–Crippen LogP) is 4.67. The van der Waals surface area contributed by atoms with E-state index in [0.717, 1.165) is 25.5 Å². The zero-order chi connectivity index (χ0) is 17.3. The Hall–Kier alpha value is -2.10. The summed E-state index contributed by atoms with van der Waals surface area (Å²) in [6.45, 7) is 5.44. The highest BCUT2D eigenvalue weighted by Gasteiger charge is 2.28. The monoisotopic (exact) mass is 379 g/mol. The minimum Gasteiger partial charge on any atom is -0.324 e. The fourth-order valence-corrected chi connectivity index (χ4v) is 4.36. The molecular weight excluding hydrogens is 354 g/mol. The molecule has 0 aliphatic carbocycles. The van der Waals surface area contributed by atoms with E-state index in [-0.39, 0.29) is 12.4 Å². The highest BCUT2D eigenvalue weighted by molar-refractivity contribution is 6.12. The first-order valence-corrected chi connectivity index (χ1v) is 9.83. The van der Waals surface area contributed by atoms with Crippen molar-refractivity contribution in [3.8, 4) is 0 Å². The number of hydrogen-bond acceptors (Lipinski definition) is 3. The Morgan fingerprint density at radius 3 is 2.44 bits per heavy atom. The molecule has 2 aromatic rings. The van der Waals surface area contributed by atoms with Gasteiger partial charge in [-0.05, 0) is 48.7 Å². The molecule has 0 aromatic heterocycles. The van der Waals surface area contributed by atoms with Gasteiger partial charge >= 0.3 is 0 Å². The number of rotatable bonds is 3. The van der Waals surface area contributed by atoms with Gasteiger partial charge in [-0.3, -0.25) is 9.89 Å². The van der Waals surface area contributed by atoms with Crippen molar-refractivity contribution in [2.24, 2.45) is 4.99 Å². The van der Waals surface area contributed by atoms with Gasteiger partial charge in [0.15, 0.2) is 0 Å². The molecule has 2 aromatic carbocycles. The Morgan fingerprint density at radius 2 is 1.63 bits per heavy atom. The van der Waals surface area contributed by atoms with Crippen LogP contribution in [-0.4, -0.2) is 41.8 Å². The van der Waals surface area contributed by atoms with Crippen LogP contribution in [0.4, 0.5) is 0 Å². The molecule has 0 amide bonds. The van der Waals surface area contributed by atoms with Gasteiger partial charge < -0.3 is 4.90 Å². The maximum absolute atomic E-state index is 4.76. The second kappa shape index (κ2) is 7.87. The fourth-order valence-electron chi connectivity index (χ4n) is 4.36. The third-order valence-corrected chi connectivity index (χ3v) is 5.73. The van der Waals surface area contributed by atoms with Crippen molar-refractivity contribution >= 4 is 30.0 Å². The first-order chi connectivity index (χ1) is 12.9. The van der Waals surface area contributed by atoms with Crippen molar-refractivity contribution < 1.29 is 0 Å². The molecule has 0 radical (unpaired) electrons. The highest BCUT2D eigenvalue weighted by Crippen LogP contribution is 2.33. The summed E-state index contributed by atoms with van der Waals surface area (Å²) in [6, 6.07) is 17.8. The van der Waals surface area contributed by atoms with Crippen LogP contribution in [0.2, 0.25) is 0 Å². The fraction of sp³-hybridized carbons (Fsp3) is 0.348. The molecule has 3 heterocycles. The van der Waals surface area contributed by atoms with E-state index in [9.17, 15) is 0 Å². The Morgan fingerprint density at radius 1 is 0.852 bits per heavy atom. The number of amidine groups is 1. The van der Waals surface area contributed by atoms with Gasteiger partial charge in [0.25, 0.3) is 0 Å². The number of piperidine rings is 1. The molecule has 1 saturated heterocycles. The molecule has 140 valence electrons. The van der Waals surface area contributed by atoms with Gasteiger partial charge in [-0.2, -0.15) is 0 Å². The van der Waals surface area contributed by atoms with Gasteiger partial charge in [0, 0.05) is 18.7 Å². The second-order valence-electron chi connectivity index (χ2n) is 7.51. The maximum atomic E-state index is 4.76. The van der Waals surface area contributed by atoms with Gasteiger partial charge in [-0.25, -0.2) is 0 Å². The number of hydrogen-bond donors (Lipinski definition) is 0. The SMILES string of the molecule is C1=C(c2ccc(CN3CCCCC3)cc2)N2CCN=C2c2ccccc21.Cl. The summed E-state index contributed by atoms with van der Waals surface area (Å²) >= 11 is 0. The molecule has 0 spiro atoms. The van der Waals surface area contributed by atoms with Gasteiger partial charge in [0.05, 0.1) is 12.2 Å². The Balaban J connectivity index is 0.00000180. The molecule has 0 N–H and O–H groups in total. The lowest BCUT2D eigenvalue weighted by Crippen LogP contribution is -2.30. The summed E-state index contributed by atoms with van der Waals surface area (Å²) in [6.07, 6.45) is 6.41. The van der Waals surface area contributed by atoms with E-state index in [4.69, 9.17) is 4.99 Å². The number of benzene rings is 2. The van der Waals surface area contributed by atoms with Crippen molar-refractivity contribution in [1.82, 2.24) is 9.80 Å². The van der Waals surface area contributed by atoms with Crippen molar-refractivity contribution in [3.05, 3.63) is 70.8 Å². The summed E-state index contributed by atoms with van der Waals surface area (Å²) < 4.78 is 0. The van der Waals surface area contributed by atoms with E-state index >= 15 is 0 Å². The van der Waals surface area contributed by atoms with Crippen LogP contribution in [-0.2, 0) is 6.54 Å². The number of likely N-dealkylation sites (tertiary alicyclic amines) is 1. The zero-order valence-corrected chi connectivity index (χ0v) is 16.4. The minimum absolute atomic E-state index is 0. The van der Waals surface area contributed by atoms with E-state index in [1.807, 2.05) is 0 Å². The number of halogens is 1. The van der Waals surface area contributed by atoms with E-state index in [0.29, 0.717) is 0 Å². The van der Waals surface area contributed by atoms with Crippen LogP contribution >= 0.6 is 12.4 Å². The molecule has 3 aliphatic rings. The average Bonchev–Trinajstić information content (AvgIpc) is 3.19. The molecule has 0 saturated carbocycles. The molecule has 27 heavy (non-hydrogen) atoms. The normalized spacial score (nSPS) is 18.9. The third kappa shape index (κ3) is 3.54. The summed E-state index contributed by atoms with van der Waals surface area (Å²) in [7, 11) is 0. The van der Waals surface area contributed by atoms with Crippen molar-refractivity contribution in [1.29, 1.82) is 0 Å². The van der Waals surface area contributed by atoms with Gasteiger partial charge in [-0.15, -0.1) is 12.4 Å². The maximum Gasteiger partial charge on any atom is 0.136 e. The topological polar surface area (TPSA) is 18.8 Å². The second-order valence-corrected chi connectivity index (χ2v) is 7.51. The minimum atomic E-state index is 0. The third-order valence-electron chi connectivity index (χ3n) is 5.73. The lowest BCUT2D eigenvalue weighted by atomic mass is 9.97. The largest absolute Gasteiger partial charge is 0.324 e. The van der Waals surface area contributed by atoms with Crippen LogP contribution < -0.4 is 0 Å². The molecule has 0 bridgehead atoms. The molecule has 3 aliphatic heterocycles. The van der Waals surface area contributed by atoms with E-state index < -0.39 is 0 Å². The van der Waals surface area contributed by atoms with Crippen molar-refractivity contribution in [2.75, 3.05) is 26.2 Å². The van der Waals surface area contributed by atoms with Crippen LogP contribution in [0.25, 0.3) is 11.8 Å². The Bertz CT molecular complexity index is 863. The summed E-state index contributed by atoms with van der Waals surface area (Å²) in [5, 5.41) is 0. The molecular formula is C23H26ClN3. The van der Waals surface area contributed by atoms with Crippen molar-refractivity contribution in [2.45, 2.75) is 25.8 Å². The van der Waals surface area contributed by atoms with Crippen LogP contribution in [0.5, 0.6) is 0 Å². The van der Waals surface area contributed by atoms with Crippen LogP contribution in [0.1, 0.15) is 41.5 Å². The van der Waals surface area contributed by atoms with Crippen molar-refractivity contribution in [3.63, 3.8) is 0 Å². The predicted molar refractivity (Wildman–Crippen MR) is 115 cm³/mol. The standard InChI is InChI=1S/C23H25N3.ClH/c1-4-13-25(14-5-1)17-18-8-10-19(11-9-18)22-16-20-6-2-3-7-21(20)23-24-12-15-26(22)23;/h2-3,6-11,16H,1,4-5,12-15,17H2;1H. The summed E-state index contributed by atoms with van der Waals surface area (Å²) in [5.41, 5.74) is 6.52.